The zero-order valence-electron chi connectivity index (χ0n) is 16.8. The molecule has 3 rings (SSSR count). The monoisotopic (exact) mass is 502 g/mol. The smallest absolute Gasteiger partial charge is 0.191 e. The molecule has 1 aromatic heterocycles. The first-order valence-electron chi connectivity index (χ1n) is 9.44. The fourth-order valence-electron chi connectivity index (χ4n) is 2.84. The molecule has 5 nitrogen and oxygen atoms in total. The van der Waals surface area contributed by atoms with Crippen molar-refractivity contribution in [2.45, 2.75) is 20.0 Å². The quantitative estimate of drug-likeness (QED) is 0.281. The van der Waals surface area contributed by atoms with Crippen molar-refractivity contribution in [3.63, 3.8) is 0 Å². The van der Waals surface area contributed by atoms with Gasteiger partial charge in [-0.25, -0.2) is 4.99 Å². The molecule has 2 N–H and O–H groups in total. The molecule has 2 aromatic carbocycles. The van der Waals surface area contributed by atoms with Gasteiger partial charge < -0.3 is 15.4 Å². The van der Waals surface area contributed by atoms with Crippen LogP contribution in [-0.4, -0.2) is 24.6 Å². The Balaban J connectivity index is 0.00000300. The minimum Gasteiger partial charge on any atom is -0.497 e. The molecule has 0 unspecified atom stereocenters. The molecule has 6 heteroatoms. The lowest BCUT2D eigenvalue weighted by molar-refractivity contribution is 0.414. The van der Waals surface area contributed by atoms with E-state index in [0.29, 0.717) is 13.1 Å². The van der Waals surface area contributed by atoms with Gasteiger partial charge in [0, 0.05) is 24.8 Å². The SMILES string of the molecule is CCNC(=NCc1cccc(-c2ccccn2)c1)NCc1cccc(OC)c1.I. The molecule has 0 spiro atoms. The third kappa shape index (κ3) is 7.05. The Morgan fingerprint density at radius 3 is 2.55 bits per heavy atom. The Bertz CT molecular complexity index is 916. The fourth-order valence-corrected chi connectivity index (χ4v) is 2.84. The normalized spacial score (nSPS) is 10.8. The zero-order valence-corrected chi connectivity index (χ0v) is 19.1. The first-order chi connectivity index (χ1) is 13.8. The highest BCUT2D eigenvalue weighted by Gasteiger charge is 2.02. The van der Waals surface area contributed by atoms with Crippen molar-refractivity contribution in [2.75, 3.05) is 13.7 Å². The lowest BCUT2D eigenvalue weighted by Gasteiger charge is -2.12. The summed E-state index contributed by atoms with van der Waals surface area (Å²) in [5, 5.41) is 6.67. The highest BCUT2D eigenvalue weighted by atomic mass is 127. The molecule has 1 heterocycles. The summed E-state index contributed by atoms with van der Waals surface area (Å²) >= 11 is 0. The number of ether oxygens (including phenoxy) is 1. The van der Waals surface area contributed by atoms with Crippen molar-refractivity contribution in [2.24, 2.45) is 4.99 Å². The molecule has 3 aromatic rings. The third-order valence-electron chi connectivity index (χ3n) is 4.25. The van der Waals surface area contributed by atoms with E-state index in [1.54, 1.807) is 7.11 Å². The highest BCUT2D eigenvalue weighted by Crippen LogP contribution is 2.18. The fraction of sp³-hybridized carbons (Fsp3) is 0.217. The summed E-state index contributed by atoms with van der Waals surface area (Å²) in [4.78, 5) is 9.14. The van der Waals surface area contributed by atoms with Crippen molar-refractivity contribution >= 4 is 29.9 Å². The van der Waals surface area contributed by atoms with Crippen LogP contribution in [0.5, 0.6) is 5.75 Å². The van der Waals surface area contributed by atoms with E-state index < -0.39 is 0 Å². The van der Waals surface area contributed by atoms with Crippen LogP contribution in [0.1, 0.15) is 18.1 Å². The van der Waals surface area contributed by atoms with Crippen LogP contribution >= 0.6 is 24.0 Å². The topological polar surface area (TPSA) is 58.5 Å². The third-order valence-corrected chi connectivity index (χ3v) is 4.25. The predicted octanol–water partition coefficient (Wildman–Crippen LogP) is 4.63. The van der Waals surface area contributed by atoms with Crippen molar-refractivity contribution in [3.05, 3.63) is 84.1 Å². The average molecular weight is 502 g/mol. The van der Waals surface area contributed by atoms with Gasteiger partial charge in [-0.1, -0.05) is 36.4 Å². The van der Waals surface area contributed by atoms with E-state index in [-0.39, 0.29) is 24.0 Å². The second-order valence-electron chi connectivity index (χ2n) is 6.32. The molecular formula is C23H27IN4O. The molecule has 0 radical (unpaired) electrons. The van der Waals surface area contributed by atoms with E-state index in [0.717, 1.165) is 40.6 Å². The zero-order chi connectivity index (χ0) is 19.6. The molecule has 0 bridgehead atoms. The van der Waals surface area contributed by atoms with Crippen molar-refractivity contribution in [3.8, 4) is 17.0 Å². The minimum atomic E-state index is 0. The maximum absolute atomic E-state index is 5.28. The Kier molecular flexibility index (Phi) is 9.43. The van der Waals surface area contributed by atoms with Crippen LogP contribution in [-0.2, 0) is 13.1 Å². The standard InChI is InChI=1S/C23H26N4O.HI/c1-3-24-23(27-17-19-9-7-11-21(15-19)28-2)26-16-18-8-6-10-20(14-18)22-12-4-5-13-25-22;/h4-15H,3,16-17H2,1-2H3,(H2,24,26,27);1H. The summed E-state index contributed by atoms with van der Waals surface area (Å²) in [7, 11) is 1.68. The van der Waals surface area contributed by atoms with Crippen LogP contribution in [0, 0.1) is 0 Å². The van der Waals surface area contributed by atoms with Gasteiger partial charge >= 0.3 is 0 Å². The first kappa shape index (κ1) is 22.7. The lowest BCUT2D eigenvalue weighted by Crippen LogP contribution is -2.36. The number of benzene rings is 2. The van der Waals surface area contributed by atoms with Crippen LogP contribution in [0.15, 0.2) is 77.9 Å². The molecule has 0 atom stereocenters. The van der Waals surface area contributed by atoms with Gasteiger partial charge in [0.25, 0.3) is 0 Å². The van der Waals surface area contributed by atoms with Crippen LogP contribution in [0.3, 0.4) is 0 Å². The van der Waals surface area contributed by atoms with Gasteiger partial charge in [-0.15, -0.1) is 24.0 Å². The molecule has 152 valence electrons. The van der Waals surface area contributed by atoms with Crippen molar-refractivity contribution in [1.29, 1.82) is 0 Å². The Morgan fingerprint density at radius 2 is 1.79 bits per heavy atom. The molecule has 0 saturated heterocycles. The maximum atomic E-state index is 5.28. The molecule has 0 aliphatic rings. The molecule has 0 saturated carbocycles. The van der Waals surface area contributed by atoms with Crippen molar-refractivity contribution < 1.29 is 4.74 Å². The van der Waals surface area contributed by atoms with E-state index in [9.17, 15) is 0 Å². The van der Waals surface area contributed by atoms with E-state index in [4.69, 9.17) is 9.73 Å². The minimum absolute atomic E-state index is 0. The number of pyridine rings is 1. The lowest BCUT2D eigenvalue weighted by atomic mass is 10.1. The molecule has 0 aliphatic heterocycles. The van der Waals surface area contributed by atoms with Crippen LogP contribution < -0.4 is 15.4 Å². The summed E-state index contributed by atoms with van der Waals surface area (Å²) in [5.41, 5.74) is 4.35. The summed E-state index contributed by atoms with van der Waals surface area (Å²) < 4.78 is 5.28. The number of guanidine groups is 1. The number of aromatic nitrogens is 1. The van der Waals surface area contributed by atoms with Gasteiger partial charge in [-0.2, -0.15) is 0 Å². The number of rotatable bonds is 7. The van der Waals surface area contributed by atoms with Crippen LogP contribution in [0.4, 0.5) is 0 Å². The van der Waals surface area contributed by atoms with Gasteiger partial charge in [0.1, 0.15) is 5.75 Å². The van der Waals surface area contributed by atoms with E-state index in [2.05, 4.69) is 46.8 Å². The number of nitrogens with one attached hydrogen (secondary N) is 2. The maximum Gasteiger partial charge on any atom is 0.191 e. The second-order valence-corrected chi connectivity index (χ2v) is 6.32. The first-order valence-corrected chi connectivity index (χ1v) is 9.44. The van der Waals surface area contributed by atoms with Gasteiger partial charge in [-0.3, -0.25) is 4.98 Å². The molecule has 0 amide bonds. The van der Waals surface area contributed by atoms with Crippen molar-refractivity contribution in [1.82, 2.24) is 15.6 Å². The van der Waals surface area contributed by atoms with Crippen LogP contribution in [0.2, 0.25) is 0 Å². The van der Waals surface area contributed by atoms with E-state index >= 15 is 0 Å². The summed E-state index contributed by atoms with van der Waals surface area (Å²) in [6, 6.07) is 22.3. The van der Waals surface area contributed by atoms with Gasteiger partial charge in [0.2, 0.25) is 0 Å². The Hall–Kier alpha value is -2.61. The molecular weight excluding hydrogens is 475 g/mol. The van der Waals surface area contributed by atoms with Gasteiger partial charge in [0.05, 0.1) is 19.3 Å². The Labute approximate surface area is 189 Å². The average Bonchev–Trinajstić information content (AvgIpc) is 2.76. The number of hydrogen-bond donors (Lipinski definition) is 2. The number of aliphatic imine (C=N–C) groups is 1. The van der Waals surface area contributed by atoms with Crippen LogP contribution in [0.25, 0.3) is 11.3 Å². The number of hydrogen-bond acceptors (Lipinski definition) is 3. The second kappa shape index (κ2) is 12.1. The molecule has 0 fully saturated rings. The number of methoxy groups -OCH3 is 1. The largest absolute Gasteiger partial charge is 0.497 e. The van der Waals surface area contributed by atoms with Gasteiger partial charge in [-0.05, 0) is 48.4 Å². The number of nitrogens with zero attached hydrogens (tertiary/aromatic N) is 2. The van der Waals surface area contributed by atoms with E-state index in [1.807, 2.05) is 48.7 Å². The molecule has 29 heavy (non-hydrogen) atoms. The van der Waals surface area contributed by atoms with E-state index in [1.165, 1.54) is 0 Å². The summed E-state index contributed by atoms with van der Waals surface area (Å²) in [5.74, 6) is 1.64. The Morgan fingerprint density at radius 1 is 0.966 bits per heavy atom. The molecule has 0 aliphatic carbocycles. The predicted molar refractivity (Wildman–Crippen MR) is 130 cm³/mol. The summed E-state index contributed by atoms with van der Waals surface area (Å²) in [6.45, 7) is 4.13. The highest BCUT2D eigenvalue weighted by molar-refractivity contribution is 14.0. The van der Waals surface area contributed by atoms with Gasteiger partial charge in [0.15, 0.2) is 5.96 Å². The summed E-state index contributed by atoms with van der Waals surface area (Å²) in [6.07, 6.45) is 1.81. The number of halogens is 1.